The predicted molar refractivity (Wildman–Crippen MR) is 90.3 cm³/mol. The SMILES string of the molecule is CC(Sc1ccc(C(C)(C)C)cc1)c1ccc(N)cc1. The van der Waals surface area contributed by atoms with Gasteiger partial charge in [0.15, 0.2) is 0 Å². The van der Waals surface area contributed by atoms with Gasteiger partial charge in [-0.3, -0.25) is 0 Å². The van der Waals surface area contributed by atoms with Crippen molar-refractivity contribution in [3.05, 3.63) is 59.7 Å². The number of nitrogen functional groups attached to an aromatic ring is 1. The van der Waals surface area contributed by atoms with Gasteiger partial charge >= 0.3 is 0 Å². The van der Waals surface area contributed by atoms with E-state index in [1.807, 2.05) is 23.9 Å². The highest BCUT2D eigenvalue weighted by atomic mass is 32.2. The summed E-state index contributed by atoms with van der Waals surface area (Å²) in [4.78, 5) is 1.31. The number of hydrogen-bond acceptors (Lipinski definition) is 2. The maximum Gasteiger partial charge on any atom is 0.0316 e. The summed E-state index contributed by atoms with van der Waals surface area (Å²) in [5, 5.41) is 0.427. The van der Waals surface area contributed by atoms with Crippen LogP contribution in [0, 0.1) is 0 Å². The molecule has 2 N–H and O–H groups in total. The third-order valence-corrected chi connectivity index (χ3v) is 4.61. The van der Waals surface area contributed by atoms with Gasteiger partial charge < -0.3 is 5.73 Å². The molecule has 0 amide bonds. The van der Waals surface area contributed by atoms with Crippen LogP contribution >= 0.6 is 11.8 Å². The molecule has 0 aliphatic rings. The first-order chi connectivity index (χ1) is 9.36. The molecule has 0 fully saturated rings. The van der Waals surface area contributed by atoms with Crippen molar-refractivity contribution in [2.24, 2.45) is 0 Å². The molecule has 20 heavy (non-hydrogen) atoms. The largest absolute Gasteiger partial charge is 0.399 e. The highest BCUT2D eigenvalue weighted by Gasteiger charge is 2.13. The number of hydrogen-bond donors (Lipinski definition) is 1. The predicted octanol–water partition coefficient (Wildman–Crippen LogP) is 5.42. The minimum Gasteiger partial charge on any atom is -0.399 e. The van der Waals surface area contributed by atoms with Crippen molar-refractivity contribution in [1.82, 2.24) is 0 Å². The molecule has 0 aliphatic carbocycles. The lowest BCUT2D eigenvalue weighted by atomic mass is 9.87. The number of thioether (sulfide) groups is 1. The summed E-state index contributed by atoms with van der Waals surface area (Å²) in [7, 11) is 0. The van der Waals surface area contributed by atoms with Gasteiger partial charge in [0.25, 0.3) is 0 Å². The maximum atomic E-state index is 5.73. The molecule has 2 heteroatoms. The van der Waals surface area contributed by atoms with E-state index in [1.165, 1.54) is 16.0 Å². The van der Waals surface area contributed by atoms with Crippen LogP contribution < -0.4 is 5.73 Å². The molecule has 0 heterocycles. The Balaban J connectivity index is 2.08. The Morgan fingerprint density at radius 1 is 0.900 bits per heavy atom. The van der Waals surface area contributed by atoms with E-state index in [9.17, 15) is 0 Å². The van der Waals surface area contributed by atoms with Crippen molar-refractivity contribution in [3.63, 3.8) is 0 Å². The Kier molecular flexibility index (Phi) is 4.44. The quantitative estimate of drug-likeness (QED) is 0.602. The molecule has 106 valence electrons. The second kappa shape index (κ2) is 5.92. The molecule has 0 spiro atoms. The number of benzene rings is 2. The van der Waals surface area contributed by atoms with E-state index >= 15 is 0 Å². The monoisotopic (exact) mass is 285 g/mol. The highest BCUT2D eigenvalue weighted by molar-refractivity contribution is 7.99. The summed E-state index contributed by atoms with van der Waals surface area (Å²) in [6, 6.07) is 17.1. The summed E-state index contributed by atoms with van der Waals surface area (Å²) < 4.78 is 0. The van der Waals surface area contributed by atoms with Crippen LogP contribution in [-0.2, 0) is 5.41 Å². The zero-order valence-corrected chi connectivity index (χ0v) is 13.5. The van der Waals surface area contributed by atoms with E-state index in [2.05, 4.69) is 64.1 Å². The molecule has 1 unspecified atom stereocenters. The van der Waals surface area contributed by atoms with Crippen LogP contribution in [0.25, 0.3) is 0 Å². The van der Waals surface area contributed by atoms with E-state index in [0.717, 1.165) is 5.69 Å². The Morgan fingerprint density at radius 2 is 1.45 bits per heavy atom. The molecule has 0 bridgehead atoms. The molecular formula is C18H23NS. The normalized spacial score (nSPS) is 13.2. The van der Waals surface area contributed by atoms with Gasteiger partial charge in [0.1, 0.15) is 0 Å². The lowest BCUT2D eigenvalue weighted by Crippen LogP contribution is -2.10. The van der Waals surface area contributed by atoms with E-state index in [0.29, 0.717) is 5.25 Å². The fourth-order valence-electron chi connectivity index (χ4n) is 2.07. The lowest BCUT2D eigenvalue weighted by Gasteiger charge is -2.19. The van der Waals surface area contributed by atoms with Gasteiger partial charge in [0.2, 0.25) is 0 Å². The molecule has 0 saturated heterocycles. The van der Waals surface area contributed by atoms with E-state index in [-0.39, 0.29) is 5.41 Å². The molecular weight excluding hydrogens is 262 g/mol. The van der Waals surface area contributed by atoms with Crippen LogP contribution in [0.1, 0.15) is 44.1 Å². The molecule has 1 nitrogen and oxygen atoms in total. The van der Waals surface area contributed by atoms with Gasteiger partial charge in [0, 0.05) is 15.8 Å². The van der Waals surface area contributed by atoms with Crippen molar-refractivity contribution < 1.29 is 0 Å². The first-order valence-electron chi connectivity index (χ1n) is 6.99. The summed E-state index contributed by atoms with van der Waals surface area (Å²) in [6.45, 7) is 8.96. The minimum absolute atomic E-state index is 0.214. The first kappa shape index (κ1) is 15.0. The average molecular weight is 285 g/mol. The second-order valence-corrected chi connectivity index (χ2v) is 7.62. The third kappa shape index (κ3) is 3.80. The highest BCUT2D eigenvalue weighted by Crippen LogP contribution is 2.35. The van der Waals surface area contributed by atoms with Crippen LogP contribution in [0.5, 0.6) is 0 Å². The van der Waals surface area contributed by atoms with Crippen LogP contribution in [0.15, 0.2) is 53.4 Å². The van der Waals surface area contributed by atoms with Crippen LogP contribution in [0.3, 0.4) is 0 Å². The molecule has 2 rings (SSSR count). The van der Waals surface area contributed by atoms with Gasteiger partial charge in [-0.25, -0.2) is 0 Å². The van der Waals surface area contributed by atoms with Gasteiger partial charge in [-0.05, 0) is 47.7 Å². The van der Waals surface area contributed by atoms with E-state index in [4.69, 9.17) is 5.73 Å². The topological polar surface area (TPSA) is 26.0 Å². The second-order valence-electron chi connectivity index (χ2n) is 6.20. The zero-order chi connectivity index (χ0) is 14.8. The average Bonchev–Trinajstić information content (AvgIpc) is 2.39. The third-order valence-electron chi connectivity index (χ3n) is 3.44. The summed E-state index contributed by atoms with van der Waals surface area (Å²) >= 11 is 1.88. The minimum atomic E-state index is 0.214. The summed E-state index contributed by atoms with van der Waals surface area (Å²) in [5.74, 6) is 0. The van der Waals surface area contributed by atoms with Crippen molar-refractivity contribution in [3.8, 4) is 0 Å². The van der Waals surface area contributed by atoms with Crippen molar-refractivity contribution in [2.45, 2.75) is 43.3 Å². The zero-order valence-electron chi connectivity index (χ0n) is 12.7. The molecule has 2 aromatic carbocycles. The number of anilines is 1. The Hall–Kier alpha value is -1.41. The summed E-state index contributed by atoms with van der Waals surface area (Å²) in [6.07, 6.45) is 0. The fourth-order valence-corrected chi connectivity index (χ4v) is 3.07. The lowest BCUT2D eigenvalue weighted by molar-refractivity contribution is 0.590. The van der Waals surface area contributed by atoms with Crippen LogP contribution in [0.4, 0.5) is 5.69 Å². The van der Waals surface area contributed by atoms with Crippen molar-refractivity contribution in [2.75, 3.05) is 5.73 Å². The van der Waals surface area contributed by atoms with E-state index in [1.54, 1.807) is 0 Å². The van der Waals surface area contributed by atoms with Crippen molar-refractivity contribution in [1.29, 1.82) is 0 Å². The Labute approximate surface area is 126 Å². The summed E-state index contributed by atoms with van der Waals surface area (Å²) in [5.41, 5.74) is 9.45. The Bertz CT molecular complexity index is 549. The first-order valence-corrected chi connectivity index (χ1v) is 7.87. The standard InChI is InChI=1S/C18H23NS/c1-13(14-5-9-16(19)10-6-14)20-17-11-7-15(8-12-17)18(2,3)4/h5-13H,19H2,1-4H3. The number of nitrogens with two attached hydrogens (primary N) is 1. The molecule has 0 aliphatic heterocycles. The van der Waals surface area contributed by atoms with Crippen LogP contribution in [0.2, 0.25) is 0 Å². The molecule has 1 atom stereocenters. The maximum absolute atomic E-state index is 5.73. The fraction of sp³-hybridized carbons (Fsp3) is 0.333. The Morgan fingerprint density at radius 3 is 1.95 bits per heavy atom. The van der Waals surface area contributed by atoms with Gasteiger partial charge in [-0.1, -0.05) is 45.0 Å². The number of rotatable bonds is 3. The van der Waals surface area contributed by atoms with Crippen LogP contribution in [-0.4, -0.2) is 0 Å². The van der Waals surface area contributed by atoms with E-state index < -0.39 is 0 Å². The van der Waals surface area contributed by atoms with Gasteiger partial charge in [-0.15, -0.1) is 11.8 Å². The molecule has 2 aromatic rings. The molecule has 0 saturated carbocycles. The molecule has 0 radical (unpaired) electrons. The van der Waals surface area contributed by atoms with Gasteiger partial charge in [0.05, 0.1) is 0 Å². The van der Waals surface area contributed by atoms with Crippen molar-refractivity contribution >= 4 is 17.4 Å². The smallest absolute Gasteiger partial charge is 0.0316 e. The van der Waals surface area contributed by atoms with Gasteiger partial charge in [-0.2, -0.15) is 0 Å². The molecule has 0 aromatic heterocycles.